The van der Waals surface area contributed by atoms with Gasteiger partial charge >= 0.3 is 0 Å². The summed E-state index contributed by atoms with van der Waals surface area (Å²) in [5.41, 5.74) is 0. The Labute approximate surface area is 112 Å². The third kappa shape index (κ3) is 3.56. The summed E-state index contributed by atoms with van der Waals surface area (Å²) in [6.07, 6.45) is 3.79. The summed E-state index contributed by atoms with van der Waals surface area (Å²) < 4.78 is 13.5. The van der Waals surface area contributed by atoms with Crippen LogP contribution in [-0.4, -0.2) is 36.1 Å². The van der Waals surface area contributed by atoms with Crippen molar-refractivity contribution in [2.75, 3.05) is 31.5 Å². The van der Waals surface area contributed by atoms with Gasteiger partial charge in [-0.1, -0.05) is 18.5 Å². The largest absolute Gasteiger partial charge is 0.367 e. The van der Waals surface area contributed by atoms with E-state index in [0.717, 1.165) is 39.0 Å². The second kappa shape index (κ2) is 6.34. The molecule has 1 N–H and O–H groups in total. The minimum Gasteiger partial charge on any atom is -0.367 e. The summed E-state index contributed by atoms with van der Waals surface area (Å²) in [6, 6.07) is 1.29. The number of anilines is 1. The summed E-state index contributed by atoms with van der Waals surface area (Å²) in [7, 11) is 0. The first kappa shape index (κ1) is 13.6. The van der Waals surface area contributed by atoms with Crippen LogP contribution >= 0.6 is 11.6 Å². The van der Waals surface area contributed by atoms with Crippen molar-refractivity contribution in [3.8, 4) is 0 Å². The number of likely N-dealkylation sites (tertiary alicyclic amines) is 1. The molecule has 0 aromatic carbocycles. The lowest BCUT2D eigenvalue weighted by molar-refractivity contribution is 0.198. The van der Waals surface area contributed by atoms with E-state index in [2.05, 4.69) is 22.1 Å². The Hall–Kier alpha value is -0.870. The Morgan fingerprint density at radius 2 is 2.22 bits per heavy atom. The number of rotatable bonds is 4. The molecule has 2 heterocycles. The van der Waals surface area contributed by atoms with E-state index in [9.17, 15) is 4.39 Å². The molecule has 0 unspecified atom stereocenters. The average Bonchev–Trinajstić information content (AvgIpc) is 2.38. The molecule has 5 heteroatoms. The van der Waals surface area contributed by atoms with Gasteiger partial charge in [0.2, 0.25) is 0 Å². The van der Waals surface area contributed by atoms with Crippen molar-refractivity contribution in [3.63, 3.8) is 0 Å². The highest BCUT2D eigenvalue weighted by Crippen LogP contribution is 2.19. The Balaban J connectivity index is 1.81. The van der Waals surface area contributed by atoms with Crippen molar-refractivity contribution in [1.82, 2.24) is 9.88 Å². The summed E-state index contributed by atoms with van der Waals surface area (Å²) in [5.74, 6) is 0.524. The molecule has 0 spiro atoms. The van der Waals surface area contributed by atoms with Crippen molar-refractivity contribution in [1.29, 1.82) is 0 Å². The Bertz CT molecular complexity index is 392. The minimum absolute atomic E-state index is 0.303. The molecule has 0 aliphatic carbocycles. The van der Waals surface area contributed by atoms with E-state index in [0.29, 0.717) is 16.8 Å². The van der Waals surface area contributed by atoms with Gasteiger partial charge in [0.1, 0.15) is 0 Å². The molecule has 2 rings (SSSR count). The fraction of sp³-hybridized carbons (Fsp3) is 0.615. The minimum atomic E-state index is -0.381. The second-order valence-electron chi connectivity index (χ2n) is 4.74. The van der Waals surface area contributed by atoms with Crippen molar-refractivity contribution >= 4 is 17.4 Å². The maximum absolute atomic E-state index is 13.5. The van der Waals surface area contributed by atoms with E-state index in [1.807, 2.05) is 0 Å². The van der Waals surface area contributed by atoms with Crippen molar-refractivity contribution in [3.05, 3.63) is 23.1 Å². The van der Waals surface area contributed by atoms with Crippen molar-refractivity contribution < 1.29 is 4.39 Å². The molecule has 1 aliphatic heterocycles. The number of hydrogen-bond acceptors (Lipinski definition) is 3. The van der Waals surface area contributed by atoms with E-state index in [1.165, 1.54) is 12.3 Å². The SMILES string of the molecule is CCN1CCC(CNc2ncc(Cl)cc2F)CC1. The summed E-state index contributed by atoms with van der Waals surface area (Å²) in [4.78, 5) is 6.41. The molecule has 18 heavy (non-hydrogen) atoms. The van der Waals surface area contributed by atoms with Gasteiger partial charge in [-0.2, -0.15) is 0 Å². The van der Waals surface area contributed by atoms with E-state index in [-0.39, 0.29) is 5.82 Å². The molecular formula is C13H19ClFN3. The third-order valence-electron chi connectivity index (χ3n) is 3.52. The first-order valence-electron chi connectivity index (χ1n) is 6.46. The highest BCUT2D eigenvalue weighted by molar-refractivity contribution is 6.30. The molecule has 1 aromatic heterocycles. The molecule has 1 fully saturated rings. The van der Waals surface area contributed by atoms with Crippen LogP contribution in [0.2, 0.25) is 5.02 Å². The number of nitrogens with zero attached hydrogens (tertiary/aromatic N) is 2. The van der Waals surface area contributed by atoms with Gasteiger partial charge in [0.15, 0.2) is 11.6 Å². The monoisotopic (exact) mass is 271 g/mol. The number of piperidine rings is 1. The highest BCUT2D eigenvalue weighted by Gasteiger charge is 2.18. The number of nitrogens with one attached hydrogen (secondary N) is 1. The number of hydrogen-bond donors (Lipinski definition) is 1. The van der Waals surface area contributed by atoms with Crippen LogP contribution in [0.1, 0.15) is 19.8 Å². The number of halogens is 2. The van der Waals surface area contributed by atoms with Crippen LogP contribution < -0.4 is 5.32 Å². The first-order chi connectivity index (χ1) is 8.69. The van der Waals surface area contributed by atoms with E-state index in [4.69, 9.17) is 11.6 Å². The fourth-order valence-electron chi connectivity index (χ4n) is 2.29. The van der Waals surface area contributed by atoms with Crippen LogP contribution in [0.4, 0.5) is 10.2 Å². The van der Waals surface area contributed by atoms with Crippen LogP contribution in [0.3, 0.4) is 0 Å². The third-order valence-corrected chi connectivity index (χ3v) is 3.73. The topological polar surface area (TPSA) is 28.2 Å². The van der Waals surface area contributed by atoms with E-state index >= 15 is 0 Å². The lowest BCUT2D eigenvalue weighted by Gasteiger charge is -2.31. The van der Waals surface area contributed by atoms with Gasteiger partial charge in [-0.3, -0.25) is 0 Å². The smallest absolute Gasteiger partial charge is 0.166 e. The zero-order valence-corrected chi connectivity index (χ0v) is 11.4. The normalized spacial score (nSPS) is 17.9. The number of pyridine rings is 1. The Kier molecular flexibility index (Phi) is 4.78. The zero-order valence-electron chi connectivity index (χ0n) is 10.6. The van der Waals surface area contributed by atoms with Gasteiger partial charge in [-0.05, 0) is 44.5 Å². The molecule has 0 saturated carbocycles. The van der Waals surface area contributed by atoms with Crippen molar-refractivity contribution in [2.24, 2.45) is 5.92 Å². The van der Waals surface area contributed by atoms with E-state index < -0.39 is 0 Å². The Morgan fingerprint density at radius 1 is 1.50 bits per heavy atom. The molecule has 1 aliphatic rings. The van der Waals surface area contributed by atoms with Gasteiger partial charge in [-0.25, -0.2) is 9.37 Å². The van der Waals surface area contributed by atoms with Crippen molar-refractivity contribution in [2.45, 2.75) is 19.8 Å². The summed E-state index contributed by atoms with van der Waals surface area (Å²) in [5, 5.41) is 3.41. The molecule has 3 nitrogen and oxygen atoms in total. The van der Waals surface area contributed by atoms with Crippen LogP contribution in [0.5, 0.6) is 0 Å². The summed E-state index contributed by atoms with van der Waals surface area (Å²) in [6.45, 7) is 6.36. The van der Waals surface area contributed by atoms with Gasteiger partial charge in [0.05, 0.1) is 5.02 Å². The van der Waals surface area contributed by atoms with Gasteiger partial charge in [-0.15, -0.1) is 0 Å². The molecule has 0 amide bonds. The fourth-order valence-corrected chi connectivity index (χ4v) is 2.44. The predicted molar refractivity (Wildman–Crippen MR) is 72.5 cm³/mol. The summed E-state index contributed by atoms with van der Waals surface area (Å²) >= 11 is 5.66. The first-order valence-corrected chi connectivity index (χ1v) is 6.84. The maximum Gasteiger partial charge on any atom is 0.166 e. The lowest BCUT2D eigenvalue weighted by atomic mass is 9.97. The number of aromatic nitrogens is 1. The van der Waals surface area contributed by atoms with Gasteiger partial charge in [0.25, 0.3) is 0 Å². The lowest BCUT2D eigenvalue weighted by Crippen LogP contribution is -2.35. The predicted octanol–water partition coefficient (Wildman–Crippen LogP) is 3.02. The standard InChI is InChI=1S/C13H19ClFN3/c1-2-18-5-3-10(4-6-18)8-16-13-12(15)7-11(14)9-17-13/h7,9-10H,2-6,8H2,1H3,(H,16,17). The van der Waals surface area contributed by atoms with E-state index in [1.54, 1.807) is 0 Å². The molecular weight excluding hydrogens is 253 g/mol. The van der Waals surface area contributed by atoms with Crippen LogP contribution in [0, 0.1) is 11.7 Å². The maximum atomic E-state index is 13.5. The molecule has 0 radical (unpaired) electrons. The molecule has 0 atom stereocenters. The quantitative estimate of drug-likeness (QED) is 0.912. The van der Waals surface area contributed by atoms with Gasteiger partial charge < -0.3 is 10.2 Å². The van der Waals surface area contributed by atoms with Crippen LogP contribution in [0.25, 0.3) is 0 Å². The van der Waals surface area contributed by atoms with Crippen LogP contribution in [0.15, 0.2) is 12.3 Å². The molecule has 0 bridgehead atoms. The Morgan fingerprint density at radius 3 is 2.83 bits per heavy atom. The zero-order chi connectivity index (χ0) is 13.0. The molecule has 1 aromatic rings. The molecule has 100 valence electrons. The molecule has 1 saturated heterocycles. The van der Waals surface area contributed by atoms with Gasteiger partial charge in [0, 0.05) is 12.7 Å². The average molecular weight is 272 g/mol. The highest BCUT2D eigenvalue weighted by atomic mass is 35.5. The second-order valence-corrected chi connectivity index (χ2v) is 5.18. The van der Waals surface area contributed by atoms with Crippen LogP contribution in [-0.2, 0) is 0 Å².